The molecular weight excluding hydrogens is 242 g/mol. The molecule has 8 heteroatoms. The minimum atomic E-state index is -3.03. The minimum absolute atomic E-state index is 0.177. The molecule has 7 nitrogen and oxygen atoms in total. The molecule has 0 radical (unpaired) electrons. The number of nitrogens with one attached hydrogen (secondary N) is 1. The average molecular weight is 259 g/mol. The third-order valence-electron chi connectivity index (χ3n) is 2.94. The van der Waals surface area contributed by atoms with E-state index in [0.717, 1.165) is 25.3 Å². The van der Waals surface area contributed by atoms with Gasteiger partial charge in [0.05, 0.1) is 17.6 Å². The van der Waals surface area contributed by atoms with Crippen LogP contribution in [0.15, 0.2) is 6.20 Å². The van der Waals surface area contributed by atoms with Crippen LogP contribution in [0.3, 0.4) is 0 Å². The van der Waals surface area contributed by atoms with Crippen LogP contribution in [0, 0.1) is 0 Å². The summed E-state index contributed by atoms with van der Waals surface area (Å²) in [7, 11) is -3.03. The molecule has 1 saturated heterocycles. The van der Waals surface area contributed by atoms with Crippen molar-refractivity contribution in [1.82, 2.24) is 24.6 Å². The van der Waals surface area contributed by atoms with E-state index in [4.69, 9.17) is 0 Å². The van der Waals surface area contributed by atoms with Crippen molar-refractivity contribution >= 4 is 10.0 Å². The number of aromatic amines is 1. The van der Waals surface area contributed by atoms with Gasteiger partial charge < -0.3 is 0 Å². The standard InChI is InChI=1S/C9H17N5O2S/c1-2-17(15,16)14-5-3-13(4-6-14)8-9-7-10-12-11-9/h7H,2-6,8H2,1H3,(H,10,11,12). The number of nitrogens with zero attached hydrogens (tertiary/aromatic N) is 4. The molecule has 0 atom stereocenters. The van der Waals surface area contributed by atoms with Gasteiger partial charge in [-0.3, -0.25) is 4.90 Å². The fraction of sp³-hybridized carbons (Fsp3) is 0.778. The summed E-state index contributed by atoms with van der Waals surface area (Å²) in [6.07, 6.45) is 1.69. The smallest absolute Gasteiger partial charge is 0.213 e. The number of hydrogen-bond acceptors (Lipinski definition) is 5. The maximum absolute atomic E-state index is 11.7. The molecule has 0 spiro atoms. The van der Waals surface area contributed by atoms with Crippen LogP contribution in [0.5, 0.6) is 0 Å². The molecule has 0 aliphatic carbocycles. The lowest BCUT2D eigenvalue weighted by atomic mass is 10.3. The average Bonchev–Trinajstić information content (AvgIpc) is 2.83. The number of H-pyrrole nitrogens is 1. The maximum Gasteiger partial charge on any atom is 0.213 e. The van der Waals surface area contributed by atoms with Crippen LogP contribution >= 0.6 is 0 Å². The minimum Gasteiger partial charge on any atom is -0.295 e. The molecular formula is C9H17N5O2S. The molecule has 0 saturated carbocycles. The highest BCUT2D eigenvalue weighted by Crippen LogP contribution is 2.09. The van der Waals surface area contributed by atoms with Crippen LogP contribution < -0.4 is 0 Å². The Bertz CT molecular complexity index is 436. The van der Waals surface area contributed by atoms with Crippen molar-refractivity contribution in [3.8, 4) is 0 Å². The highest BCUT2D eigenvalue weighted by atomic mass is 32.2. The summed E-state index contributed by atoms with van der Waals surface area (Å²) in [5.41, 5.74) is 0.886. The lowest BCUT2D eigenvalue weighted by molar-refractivity contribution is 0.180. The van der Waals surface area contributed by atoms with Crippen molar-refractivity contribution in [3.63, 3.8) is 0 Å². The molecule has 96 valence electrons. The Kier molecular flexibility index (Phi) is 3.75. The van der Waals surface area contributed by atoms with E-state index in [9.17, 15) is 8.42 Å². The van der Waals surface area contributed by atoms with Gasteiger partial charge in [0.1, 0.15) is 0 Å². The van der Waals surface area contributed by atoms with Crippen molar-refractivity contribution in [2.24, 2.45) is 0 Å². The molecule has 1 N–H and O–H groups in total. The molecule has 0 unspecified atom stereocenters. The predicted molar refractivity (Wildman–Crippen MR) is 62.7 cm³/mol. The van der Waals surface area contributed by atoms with E-state index in [1.807, 2.05) is 0 Å². The predicted octanol–water partition coefficient (Wildman–Crippen LogP) is -0.728. The first-order valence-electron chi connectivity index (χ1n) is 5.66. The lowest BCUT2D eigenvalue weighted by Gasteiger charge is -2.33. The molecule has 2 rings (SSSR count). The summed E-state index contributed by atoms with van der Waals surface area (Å²) in [6, 6.07) is 0. The third-order valence-corrected chi connectivity index (χ3v) is 4.82. The summed E-state index contributed by atoms with van der Waals surface area (Å²) < 4.78 is 24.9. The topological polar surface area (TPSA) is 82.2 Å². The number of rotatable bonds is 4. The fourth-order valence-corrected chi connectivity index (χ4v) is 2.96. The van der Waals surface area contributed by atoms with Gasteiger partial charge in [0.2, 0.25) is 10.0 Å². The largest absolute Gasteiger partial charge is 0.295 e. The van der Waals surface area contributed by atoms with Gasteiger partial charge in [-0.25, -0.2) is 8.42 Å². The molecule has 1 aromatic heterocycles. The van der Waals surface area contributed by atoms with Gasteiger partial charge >= 0.3 is 0 Å². The van der Waals surface area contributed by atoms with E-state index < -0.39 is 10.0 Å². The van der Waals surface area contributed by atoms with Gasteiger partial charge in [0.15, 0.2) is 0 Å². The molecule has 1 aliphatic heterocycles. The second-order valence-electron chi connectivity index (χ2n) is 4.04. The zero-order valence-electron chi connectivity index (χ0n) is 9.83. The van der Waals surface area contributed by atoms with E-state index in [1.54, 1.807) is 17.4 Å². The maximum atomic E-state index is 11.7. The zero-order chi connectivity index (χ0) is 12.3. The van der Waals surface area contributed by atoms with Crippen molar-refractivity contribution in [1.29, 1.82) is 0 Å². The molecule has 1 fully saturated rings. The molecule has 0 aromatic carbocycles. The van der Waals surface area contributed by atoms with E-state index in [1.165, 1.54) is 0 Å². The van der Waals surface area contributed by atoms with Gasteiger partial charge in [-0.1, -0.05) is 0 Å². The highest BCUT2D eigenvalue weighted by molar-refractivity contribution is 7.89. The SMILES string of the molecule is CCS(=O)(=O)N1CCN(Cc2cn[nH]n2)CC1. The highest BCUT2D eigenvalue weighted by Gasteiger charge is 2.25. The second-order valence-corrected chi connectivity index (χ2v) is 6.29. The molecule has 17 heavy (non-hydrogen) atoms. The molecule has 1 aromatic rings. The van der Waals surface area contributed by atoms with Crippen molar-refractivity contribution in [2.75, 3.05) is 31.9 Å². The molecule has 0 amide bonds. The van der Waals surface area contributed by atoms with E-state index >= 15 is 0 Å². The van der Waals surface area contributed by atoms with Gasteiger partial charge in [0, 0.05) is 32.7 Å². The molecule has 1 aliphatic rings. The van der Waals surface area contributed by atoms with Crippen LogP contribution in [-0.4, -0.2) is 65.0 Å². The van der Waals surface area contributed by atoms with Crippen LogP contribution in [-0.2, 0) is 16.6 Å². The Morgan fingerprint density at radius 3 is 2.59 bits per heavy atom. The third kappa shape index (κ3) is 3.02. The Balaban J connectivity index is 1.86. The van der Waals surface area contributed by atoms with Gasteiger partial charge in [0.25, 0.3) is 0 Å². The van der Waals surface area contributed by atoms with E-state index in [0.29, 0.717) is 13.1 Å². The Hall–Kier alpha value is -0.990. The van der Waals surface area contributed by atoms with E-state index in [-0.39, 0.29) is 5.75 Å². The van der Waals surface area contributed by atoms with Crippen molar-refractivity contribution in [2.45, 2.75) is 13.5 Å². The summed E-state index contributed by atoms with van der Waals surface area (Å²) in [4.78, 5) is 2.18. The number of piperazine rings is 1. The summed E-state index contributed by atoms with van der Waals surface area (Å²) in [6.45, 7) is 5.01. The van der Waals surface area contributed by atoms with Crippen molar-refractivity contribution in [3.05, 3.63) is 11.9 Å². The first kappa shape index (κ1) is 12.5. The Labute approximate surface area is 101 Å². The quantitative estimate of drug-likeness (QED) is 0.771. The first-order chi connectivity index (χ1) is 8.12. The van der Waals surface area contributed by atoms with Gasteiger partial charge in [-0.2, -0.15) is 19.7 Å². The van der Waals surface area contributed by atoms with Gasteiger partial charge in [-0.15, -0.1) is 0 Å². The monoisotopic (exact) mass is 259 g/mol. The molecule has 2 heterocycles. The number of aromatic nitrogens is 3. The lowest BCUT2D eigenvalue weighted by Crippen LogP contribution is -2.48. The number of sulfonamides is 1. The summed E-state index contributed by atoms with van der Waals surface area (Å²) >= 11 is 0. The van der Waals surface area contributed by atoms with Gasteiger partial charge in [-0.05, 0) is 6.92 Å². The number of hydrogen-bond donors (Lipinski definition) is 1. The normalized spacial score (nSPS) is 19.6. The van der Waals surface area contributed by atoms with Crippen LogP contribution in [0.2, 0.25) is 0 Å². The summed E-state index contributed by atoms with van der Waals surface area (Å²) in [5.74, 6) is 0.177. The second kappa shape index (κ2) is 5.11. The van der Waals surface area contributed by atoms with Crippen LogP contribution in [0.25, 0.3) is 0 Å². The Morgan fingerprint density at radius 2 is 2.06 bits per heavy atom. The summed E-state index contributed by atoms with van der Waals surface area (Å²) in [5, 5.41) is 10.3. The Morgan fingerprint density at radius 1 is 1.35 bits per heavy atom. The molecule has 0 bridgehead atoms. The first-order valence-corrected chi connectivity index (χ1v) is 7.27. The fourth-order valence-electron chi connectivity index (χ4n) is 1.88. The van der Waals surface area contributed by atoms with E-state index in [2.05, 4.69) is 20.3 Å². The van der Waals surface area contributed by atoms with Crippen LogP contribution in [0.1, 0.15) is 12.6 Å². The van der Waals surface area contributed by atoms with Crippen LogP contribution in [0.4, 0.5) is 0 Å². The zero-order valence-corrected chi connectivity index (χ0v) is 10.7. The van der Waals surface area contributed by atoms with Crippen molar-refractivity contribution < 1.29 is 8.42 Å².